The lowest BCUT2D eigenvalue weighted by Crippen LogP contribution is -1.94. The smallest absolute Gasteiger partial charge is 0.261 e. The Bertz CT molecular complexity index is 688. The highest BCUT2D eigenvalue weighted by molar-refractivity contribution is 8.13. The molecule has 0 saturated carbocycles. The lowest BCUT2D eigenvalue weighted by atomic mass is 10.3. The first-order valence-electron chi connectivity index (χ1n) is 5.21. The van der Waals surface area contributed by atoms with Crippen LogP contribution in [0, 0.1) is 0 Å². The molecule has 1 heterocycles. The minimum Gasteiger partial charge on any atom is -0.497 e. The largest absolute Gasteiger partial charge is 0.497 e. The maximum absolute atomic E-state index is 11.2. The van der Waals surface area contributed by atoms with E-state index in [2.05, 4.69) is 4.98 Å². The average molecular weight is 300 g/mol. The molecular formula is C12H10ClNO4S. The van der Waals surface area contributed by atoms with Crippen molar-refractivity contribution in [1.29, 1.82) is 0 Å². The molecule has 0 amide bonds. The zero-order valence-corrected chi connectivity index (χ0v) is 11.5. The van der Waals surface area contributed by atoms with Gasteiger partial charge in [0.2, 0.25) is 5.88 Å². The molecule has 0 aliphatic heterocycles. The van der Waals surface area contributed by atoms with Crippen molar-refractivity contribution < 1.29 is 17.9 Å². The topological polar surface area (TPSA) is 65.5 Å². The lowest BCUT2D eigenvalue weighted by Gasteiger charge is -2.06. The van der Waals surface area contributed by atoms with E-state index in [0.29, 0.717) is 11.5 Å². The number of rotatable bonds is 4. The first-order chi connectivity index (χ1) is 8.99. The van der Waals surface area contributed by atoms with Crippen molar-refractivity contribution in [1.82, 2.24) is 4.98 Å². The Kier molecular flexibility index (Phi) is 3.92. The second-order valence-electron chi connectivity index (χ2n) is 3.55. The second kappa shape index (κ2) is 5.46. The average Bonchev–Trinajstić information content (AvgIpc) is 2.38. The molecular weight excluding hydrogens is 290 g/mol. The second-order valence-corrected chi connectivity index (χ2v) is 6.11. The van der Waals surface area contributed by atoms with Crippen LogP contribution in [0.25, 0.3) is 0 Å². The SMILES string of the molecule is COc1cccc(Oc2cc(S(=O)(=O)Cl)ccn2)c1. The van der Waals surface area contributed by atoms with Gasteiger partial charge in [0.15, 0.2) is 0 Å². The third kappa shape index (κ3) is 3.59. The van der Waals surface area contributed by atoms with E-state index in [9.17, 15) is 8.42 Å². The molecule has 0 radical (unpaired) electrons. The number of nitrogens with zero attached hydrogens (tertiary/aromatic N) is 1. The first-order valence-corrected chi connectivity index (χ1v) is 7.52. The number of benzene rings is 1. The van der Waals surface area contributed by atoms with Crippen LogP contribution in [0.3, 0.4) is 0 Å². The van der Waals surface area contributed by atoms with Crippen molar-refractivity contribution in [2.45, 2.75) is 4.90 Å². The Hall–Kier alpha value is -1.79. The number of aromatic nitrogens is 1. The third-order valence-corrected chi connectivity index (χ3v) is 3.60. The van der Waals surface area contributed by atoms with Crippen LogP contribution < -0.4 is 9.47 Å². The molecule has 1 aromatic heterocycles. The van der Waals surface area contributed by atoms with Gasteiger partial charge < -0.3 is 9.47 Å². The van der Waals surface area contributed by atoms with E-state index in [4.69, 9.17) is 20.2 Å². The van der Waals surface area contributed by atoms with Crippen LogP contribution in [0.4, 0.5) is 0 Å². The molecule has 0 atom stereocenters. The highest BCUT2D eigenvalue weighted by atomic mass is 35.7. The molecule has 0 spiro atoms. The summed E-state index contributed by atoms with van der Waals surface area (Å²) < 4.78 is 32.9. The van der Waals surface area contributed by atoms with Crippen LogP contribution in [0.15, 0.2) is 47.5 Å². The molecule has 1 aromatic carbocycles. The van der Waals surface area contributed by atoms with Crippen molar-refractivity contribution in [3.63, 3.8) is 0 Å². The van der Waals surface area contributed by atoms with Gasteiger partial charge in [0, 0.05) is 29.0 Å². The van der Waals surface area contributed by atoms with Gasteiger partial charge in [-0.15, -0.1) is 0 Å². The number of methoxy groups -OCH3 is 1. The summed E-state index contributed by atoms with van der Waals surface area (Å²) in [5, 5.41) is 0. The normalized spacial score (nSPS) is 11.1. The molecule has 100 valence electrons. The fourth-order valence-corrected chi connectivity index (χ4v) is 2.14. The molecule has 0 aliphatic rings. The number of hydrogen-bond donors (Lipinski definition) is 0. The van der Waals surface area contributed by atoms with Crippen LogP contribution in [0.2, 0.25) is 0 Å². The molecule has 0 aliphatic carbocycles. The van der Waals surface area contributed by atoms with Crippen molar-refractivity contribution >= 4 is 19.7 Å². The van der Waals surface area contributed by atoms with Crippen molar-refractivity contribution in [2.24, 2.45) is 0 Å². The number of hydrogen-bond acceptors (Lipinski definition) is 5. The highest BCUT2D eigenvalue weighted by Gasteiger charge is 2.11. The maximum atomic E-state index is 11.2. The van der Waals surface area contributed by atoms with Gasteiger partial charge in [-0.3, -0.25) is 0 Å². The van der Waals surface area contributed by atoms with E-state index in [1.165, 1.54) is 25.4 Å². The molecule has 19 heavy (non-hydrogen) atoms. The Balaban J connectivity index is 2.28. The standard InChI is InChI=1S/C12H10ClNO4S/c1-17-9-3-2-4-10(7-9)18-12-8-11(5-6-14-12)19(13,15)16/h2-8H,1H3. The molecule has 2 aromatic rings. The van der Waals surface area contributed by atoms with E-state index in [1.54, 1.807) is 24.3 Å². The van der Waals surface area contributed by atoms with Crippen LogP contribution in [0.5, 0.6) is 17.4 Å². The van der Waals surface area contributed by atoms with Crippen molar-refractivity contribution in [3.05, 3.63) is 42.6 Å². The fraction of sp³-hybridized carbons (Fsp3) is 0.0833. The van der Waals surface area contributed by atoms with Gasteiger partial charge in [0.25, 0.3) is 9.05 Å². The molecule has 2 rings (SSSR count). The number of pyridine rings is 1. The number of halogens is 1. The molecule has 5 nitrogen and oxygen atoms in total. The number of ether oxygens (including phenoxy) is 2. The van der Waals surface area contributed by atoms with Gasteiger partial charge >= 0.3 is 0 Å². The molecule has 0 bridgehead atoms. The molecule has 0 fully saturated rings. The Morgan fingerprint density at radius 3 is 2.58 bits per heavy atom. The monoisotopic (exact) mass is 299 g/mol. The third-order valence-electron chi connectivity index (χ3n) is 2.25. The summed E-state index contributed by atoms with van der Waals surface area (Å²) in [6.45, 7) is 0. The Labute approximate surface area is 115 Å². The molecule has 0 N–H and O–H groups in total. The Morgan fingerprint density at radius 2 is 1.89 bits per heavy atom. The zero-order valence-electron chi connectivity index (χ0n) is 9.91. The summed E-state index contributed by atoms with van der Waals surface area (Å²) in [6.07, 6.45) is 1.31. The van der Waals surface area contributed by atoms with E-state index in [-0.39, 0.29) is 10.8 Å². The van der Waals surface area contributed by atoms with E-state index < -0.39 is 9.05 Å². The molecule has 0 saturated heterocycles. The molecule has 0 unspecified atom stereocenters. The summed E-state index contributed by atoms with van der Waals surface area (Å²) >= 11 is 0. The highest BCUT2D eigenvalue weighted by Crippen LogP contribution is 2.25. The summed E-state index contributed by atoms with van der Waals surface area (Å²) in [7, 11) is 2.99. The zero-order chi connectivity index (χ0) is 13.9. The fourth-order valence-electron chi connectivity index (χ4n) is 1.38. The van der Waals surface area contributed by atoms with Gasteiger partial charge in [-0.05, 0) is 18.2 Å². The molecule has 7 heteroatoms. The van der Waals surface area contributed by atoms with E-state index >= 15 is 0 Å². The minimum atomic E-state index is -3.80. The van der Waals surface area contributed by atoms with Crippen LogP contribution >= 0.6 is 10.7 Å². The minimum absolute atomic E-state index is 0.0675. The van der Waals surface area contributed by atoms with Crippen molar-refractivity contribution in [3.8, 4) is 17.4 Å². The van der Waals surface area contributed by atoms with Gasteiger partial charge in [0.1, 0.15) is 11.5 Å². The summed E-state index contributed by atoms with van der Waals surface area (Å²) in [5.74, 6) is 1.24. The predicted octanol–water partition coefficient (Wildman–Crippen LogP) is 2.81. The maximum Gasteiger partial charge on any atom is 0.261 e. The van der Waals surface area contributed by atoms with E-state index in [1.807, 2.05) is 0 Å². The predicted molar refractivity (Wildman–Crippen MR) is 70.3 cm³/mol. The van der Waals surface area contributed by atoms with Gasteiger partial charge in [-0.2, -0.15) is 0 Å². The van der Waals surface area contributed by atoms with Crippen LogP contribution in [0.1, 0.15) is 0 Å². The van der Waals surface area contributed by atoms with Crippen LogP contribution in [-0.4, -0.2) is 20.5 Å². The summed E-state index contributed by atoms with van der Waals surface area (Å²) in [6, 6.07) is 9.41. The van der Waals surface area contributed by atoms with Gasteiger partial charge in [-0.1, -0.05) is 6.07 Å². The van der Waals surface area contributed by atoms with Gasteiger partial charge in [-0.25, -0.2) is 13.4 Å². The Morgan fingerprint density at radius 1 is 1.16 bits per heavy atom. The lowest BCUT2D eigenvalue weighted by molar-refractivity contribution is 0.407. The summed E-state index contributed by atoms with van der Waals surface area (Å²) in [4.78, 5) is 3.85. The van der Waals surface area contributed by atoms with E-state index in [0.717, 1.165) is 0 Å². The summed E-state index contributed by atoms with van der Waals surface area (Å²) in [5.41, 5.74) is 0. The quantitative estimate of drug-likeness (QED) is 0.812. The van der Waals surface area contributed by atoms with Crippen molar-refractivity contribution in [2.75, 3.05) is 7.11 Å². The van der Waals surface area contributed by atoms with Gasteiger partial charge in [0.05, 0.1) is 12.0 Å². The first kappa shape index (κ1) is 13.6. The van der Waals surface area contributed by atoms with Crippen LogP contribution in [-0.2, 0) is 9.05 Å².